The molecule has 4 heteroatoms. The fourth-order valence-corrected chi connectivity index (χ4v) is 3.11. The van der Waals surface area contributed by atoms with Gasteiger partial charge in [0.2, 0.25) is 0 Å². The summed E-state index contributed by atoms with van der Waals surface area (Å²) in [6.07, 6.45) is 1.80. The van der Waals surface area contributed by atoms with Crippen LogP contribution in [0.4, 0.5) is 5.69 Å². The van der Waals surface area contributed by atoms with Gasteiger partial charge in [-0.25, -0.2) is 0 Å². The summed E-state index contributed by atoms with van der Waals surface area (Å²) in [5.41, 5.74) is 0.580. The second-order valence-corrected chi connectivity index (χ2v) is 5.60. The van der Waals surface area contributed by atoms with Gasteiger partial charge in [-0.2, -0.15) is 17.0 Å². The highest BCUT2D eigenvalue weighted by atomic mass is 35.5. The van der Waals surface area contributed by atoms with E-state index in [1.165, 1.54) is 0 Å². The molecule has 84 valence electrons. The standard InChI is InChI=1S/C12H13ClN2S/c13-10-1-3-11(4-2-10)15-12(9-14)5-7-16-8-6-12/h1-4,15H,5-8H2. The van der Waals surface area contributed by atoms with Crippen molar-refractivity contribution in [2.45, 2.75) is 18.4 Å². The van der Waals surface area contributed by atoms with E-state index in [2.05, 4.69) is 11.4 Å². The van der Waals surface area contributed by atoms with Gasteiger partial charge in [0.15, 0.2) is 0 Å². The number of nitrogens with one attached hydrogen (secondary N) is 1. The highest BCUT2D eigenvalue weighted by Gasteiger charge is 2.31. The summed E-state index contributed by atoms with van der Waals surface area (Å²) in [4.78, 5) is 0. The molecule has 0 aliphatic carbocycles. The van der Waals surface area contributed by atoms with E-state index in [9.17, 15) is 5.26 Å². The van der Waals surface area contributed by atoms with E-state index in [1.807, 2.05) is 36.0 Å². The van der Waals surface area contributed by atoms with Crippen LogP contribution in [0, 0.1) is 11.3 Å². The second-order valence-electron chi connectivity index (χ2n) is 3.94. The summed E-state index contributed by atoms with van der Waals surface area (Å²) in [5, 5.41) is 13.4. The van der Waals surface area contributed by atoms with Crippen molar-refractivity contribution in [1.82, 2.24) is 0 Å². The zero-order chi connectivity index (χ0) is 11.4. The number of halogens is 1. The quantitative estimate of drug-likeness (QED) is 0.875. The molecule has 1 heterocycles. The van der Waals surface area contributed by atoms with Gasteiger partial charge in [-0.15, -0.1) is 0 Å². The minimum atomic E-state index is -0.390. The third-order valence-corrected chi connectivity index (χ3v) is 4.03. The largest absolute Gasteiger partial charge is 0.367 e. The molecule has 1 aliphatic rings. The number of nitrogens with zero attached hydrogens (tertiary/aromatic N) is 1. The first-order chi connectivity index (χ1) is 7.74. The summed E-state index contributed by atoms with van der Waals surface area (Å²) >= 11 is 7.74. The lowest BCUT2D eigenvalue weighted by atomic mass is 9.93. The molecule has 16 heavy (non-hydrogen) atoms. The number of hydrogen-bond acceptors (Lipinski definition) is 3. The summed E-state index contributed by atoms with van der Waals surface area (Å²) in [6.45, 7) is 0. The van der Waals surface area contributed by atoms with Gasteiger partial charge in [0.1, 0.15) is 5.54 Å². The van der Waals surface area contributed by atoms with Crippen LogP contribution in [0.5, 0.6) is 0 Å². The molecule has 1 aromatic rings. The number of nitriles is 1. The fraction of sp³-hybridized carbons (Fsp3) is 0.417. The summed E-state index contributed by atoms with van der Waals surface area (Å²) < 4.78 is 0. The number of hydrogen-bond donors (Lipinski definition) is 1. The molecule has 0 unspecified atom stereocenters. The number of thioether (sulfide) groups is 1. The van der Waals surface area contributed by atoms with Gasteiger partial charge in [-0.05, 0) is 48.6 Å². The molecule has 0 radical (unpaired) electrons. The van der Waals surface area contributed by atoms with Gasteiger partial charge in [0.25, 0.3) is 0 Å². The molecule has 0 bridgehead atoms. The van der Waals surface area contributed by atoms with Crippen LogP contribution >= 0.6 is 23.4 Å². The molecule has 1 saturated heterocycles. The Morgan fingerprint density at radius 1 is 1.25 bits per heavy atom. The SMILES string of the molecule is N#CC1(Nc2ccc(Cl)cc2)CCSCC1. The third-order valence-electron chi connectivity index (χ3n) is 2.79. The zero-order valence-electron chi connectivity index (χ0n) is 8.87. The molecule has 0 saturated carbocycles. The van der Waals surface area contributed by atoms with Crippen molar-refractivity contribution in [3.05, 3.63) is 29.3 Å². The van der Waals surface area contributed by atoms with Crippen LogP contribution in [0.1, 0.15) is 12.8 Å². The van der Waals surface area contributed by atoms with Crippen LogP contribution in [0.3, 0.4) is 0 Å². The van der Waals surface area contributed by atoms with E-state index >= 15 is 0 Å². The predicted molar refractivity (Wildman–Crippen MR) is 70.0 cm³/mol. The van der Waals surface area contributed by atoms with Crippen LogP contribution in [-0.4, -0.2) is 17.0 Å². The number of rotatable bonds is 2. The Morgan fingerprint density at radius 2 is 1.88 bits per heavy atom. The van der Waals surface area contributed by atoms with Crippen molar-refractivity contribution < 1.29 is 0 Å². The van der Waals surface area contributed by atoms with E-state index in [4.69, 9.17) is 11.6 Å². The van der Waals surface area contributed by atoms with Crippen LogP contribution in [0.15, 0.2) is 24.3 Å². The molecule has 2 rings (SSSR count). The summed E-state index contributed by atoms with van der Waals surface area (Å²) in [5.74, 6) is 2.10. The zero-order valence-corrected chi connectivity index (χ0v) is 10.4. The maximum Gasteiger partial charge on any atom is 0.126 e. The van der Waals surface area contributed by atoms with Gasteiger partial charge in [-0.3, -0.25) is 0 Å². The summed E-state index contributed by atoms with van der Waals surface area (Å²) in [6, 6.07) is 9.94. The maximum absolute atomic E-state index is 9.31. The van der Waals surface area contributed by atoms with Gasteiger partial charge < -0.3 is 5.32 Å². The van der Waals surface area contributed by atoms with E-state index in [0.717, 1.165) is 35.1 Å². The highest BCUT2D eigenvalue weighted by Crippen LogP contribution is 2.30. The minimum Gasteiger partial charge on any atom is -0.367 e. The monoisotopic (exact) mass is 252 g/mol. The molecule has 2 nitrogen and oxygen atoms in total. The topological polar surface area (TPSA) is 35.8 Å². The van der Waals surface area contributed by atoms with Crippen molar-refractivity contribution in [3.63, 3.8) is 0 Å². The third kappa shape index (κ3) is 2.63. The van der Waals surface area contributed by atoms with Crippen molar-refractivity contribution in [2.75, 3.05) is 16.8 Å². The van der Waals surface area contributed by atoms with Crippen molar-refractivity contribution in [2.24, 2.45) is 0 Å². The average Bonchev–Trinajstić information content (AvgIpc) is 2.33. The molecule has 0 amide bonds. The lowest BCUT2D eigenvalue weighted by Gasteiger charge is -2.32. The van der Waals surface area contributed by atoms with Crippen LogP contribution in [0.2, 0.25) is 5.02 Å². The van der Waals surface area contributed by atoms with Gasteiger partial charge >= 0.3 is 0 Å². The predicted octanol–water partition coefficient (Wildman–Crippen LogP) is 3.54. The number of anilines is 1. The Labute approximate surface area is 105 Å². The number of benzene rings is 1. The van der Waals surface area contributed by atoms with Crippen LogP contribution < -0.4 is 5.32 Å². The molecule has 0 aromatic heterocycles. The normalized spacial score (nSPS) is 18.8. The molecule has 1 aromatic carbocycles. The molecular weight excluding hydrogens is 240 g/mol. The maximum atomic E-state index is 9.31. The Balaban J connectivity index is 2.12. The fourth-order valence-electron chi connectivity index (χ4n) is 1.79. The Kier molecular flexibility index (Phi) is 3.63. The Hall–Kier alpha value is -0.850. The van der Waals surface area contributed by atoms with Crippen LogP contribution in [0.25, 0.3) is 0 Å². The summed E-state index contributed by atoms with van der Waals surface area (Å²) in [7, 11) is 0. The van der Waals surface area contributed by atoms with Gasteiger partial charge in [0.05, 0.1) is 6.07 Å². The van der Waals surface area contributed by atoms with Crippen molar-refractivity contribution in [3.8, 4) is 6.07 Å². The first-order valence-electron chi connectivity index (χ1n) is 5.27. The molecule has 1 fully saturated rings. The minimum absolute atomic E-state index is 0.390. The second kappa shape index (κ2) is 4.99. The lowest BCUT2D eigenvalue weighted by molar-refractivity contribution is 0.545. The smallest absolute Gasteiger partial charge is 0.126 e. The van der Waals surface area contributed by atoms with Gasteiger partial charge in [0, 0.05) is 10.7 Å². The first-order valence-corrected chi connectivity index (χ1v) is 6.80. The molecular formula is C12H13ClN2S. The van der Waals surface area contributed by atoms with E-state index < -0.39 is 0 Å². The van der Waals surface area contributed by atoms with E-state index in [0.29, 0.717) is 0 Å². The molecule has 0 spiro atoms. The molecule has 1 N–H and O–H groups in total. The average molecular weight is 253 g/mol. The lowest BCUT2D eigenvalue weighted by Crippen LogP contribution is -2.40. The van der Waals surface area contributed by atoms with E-state index in [-0.39, 0.29) is 5.54 Å². The molecule has 0 atom stereocenters. The van der Waals surface area contributed by atoms with Crippen molar-refractivity contribution >= 4 is 29.1 Å². The van der Waals surface area contributed by atoms with E-state index in [1.54, 1.807) is 0 Å². The highest BCUT2D eigenvalue weighted by molar-refractivity contribution is 7.99. The Bertz CT molecular complexity index is 390. The van der Waals surface area contributed by atoms with Crippen molar-refractivity contribution in [1.29, 1.82) is 5.26 Å². The Morgan fingerprint density at radius 3 is 2.44 bits per heavy atom. The van der Waals surface area contributed by atoms with Gasteiger partial charge in [-0.1, -0.05) is 11.6 Å². The molecule has 1 aliphatic heterocycles. The van der Waals surface area contributed by atoms with Crippen LogP contribution in [-0.2, 0) is 0 Å². The first kappa shape index (κ1) is 11.6.